The van der Waals surface area contributed by atoms with Crippen LogP contribution < -0.4 is 0 Å². The van der Waals surface area contributed by atoms with Crippen molar-refractivity contribution in [2.75, 3.05) is 0 Å². The maximum absolute atomic E-state index is 6.76. The Bertz CT molecular complexity index is 2210. The minimum atomic E-state index is -0.0670. The van der Waals surface area contributed by atoms with Crippen LogP contribution in [-0.4, -0.2) is 20.8 Å². The van der Waals surface area contributed by atoms with E-state index in [2.05, 4.69) is 139 Å². The standard InChI is InChI=1S/C44H41N3O/c1-27(2)30-13-15-31(16-14-30)33-22-24-46-29(4)25-40-36(34-9-5-6-10-35(34)39-11-7-8-23-47(39)40)20-17-32-18-21-37-38-19-12-28(3)45-44(38)48-43(37)42(32)41(46)26-33/h5-16,18-19,21-24,26-27,36,39-41H,4,17,20,25H2,1-3H3. The Kier molecular flexibility index (Phi) is 6.82. The number of allylic oxidation sites excluding steroid dienone is 4. The van der Waals surface area contributed by atoms with E-state index in [1.54, 1.807) is 0 Å². The summed E-state index contributed by atoms with van der Waals surface area (Å²) < 4.78 is 6.76. The first-order valence-electron chi connectivity index (χ1n) is 17.4. The number of rotatable bonds is 2. The van der Waals surface area contributed by atoms with Gasteiger partial charge in [0.15, 0.2) is 0 Å². The minimum absolute atomic E-state index is 0.0670. The van der Waals surface area contributed by atoms with E-state index < -0.39 is 0 Å². The molecule has 0 fully saturated rings. The van der Waals surface area contributed by atoms with Crippen molar-refractivity contribution in [3.8, 4) is 0 Å². The second-order valence-corrected chi connectivity index (χ2v) is 14.2. The van der Waals surface area contributed by atoms with Crippen molar-refractivity contribution >= 4 is 27.6 Å². The zero-order valence-corrected chi connectivity index (χ0v) is 27.9. The molecule has 4 aliphatic rings. The fraction of sp³-hybridized carbons (Fsp3) is 0.250. The van der Waals surface area contributed by atoms with Gasteiger partial charge in [-0.25, -0.2) is 4.98 Å². The lowest BCUT2D eigenvalue weighted by molar-refractivity contribution is 0.164. The third-order valence-electron chi connectivity index (χ3n) is 11.1. The monoisotopic (exact) mass is 627 g/mol. The highest BCUT2D eigenvalue weighted by atomic mass is 16.3. The van der Waals surface area contributed by atoms with E-state index in [-0.39, 0.29) is 12.1 Å². The molecule has 0 saturated carbocycles. The first-order valence-corrected chi connectivity index (χ1v) is 17.4. The average Bonchev–Trinajstić information content (AvgIpc) is 3.48. The van der Waals surface area contributed by atoms with Gasteiger partial charge < -0.3 is 14.2 Å². The van der Waals surface area contributed by atoms with Gasteiger partial charge in [0.25, 0.3) is 0 Å². The summed E-state index contributed by atoms with van der Waals surface area (Å²) in [7, 11) is 0. The molecule has 9 rings (SSSR count). The summed E-state index contributed by atoms with van der Waals surface area (Å²) in [6, 6.07) is 27.5. The van der Waals surface area contributed by atoms with E-state index >= 15 is 0 Å². The molecule has 5 aromatic rings. The highest BCUT2D eigenvalue weighted by Crippen LogP contribution is 2.49. The van der Waals surface area contributed by atoms with Crippen LogP contribution in [0.4, 0.5) is 0 Å². The molecule has 4 aliphatic heterocycles. The highest BCUT2D eigenvalue weighted by Gasteiger charge is 2.41. The Morgan fingerprint density at radius 1 is 0.875 bits per heavy atom. The first kappa shape index (κ1) is 29.1. The summed E-state index contributed by atoms with van der Waals surface area (Å²) >= 11 is 0. The van der Waals surface area contributed by atoms with Crippen LogP contribution in [0.1, 0.15) is 89.7 Å². The molecular formula is C44H41N3O. The molecule has 0 N–H and O–H groups in total. The molecule has 4 nitrogen and oxygen atoms in total. The maximum atomic E-state index is 6.76. The third kappa shape index (κ3) is 4.61. The Morgan fingerprint density at radius 2 is 1.69 bits per heavy atom. The van der Waals surface area contributed by atoms with Crippen molar-refractivity contribution in [1.29, 1.82) is 0 Å². The number of hydrogen-bond donors (Lipinski definition) is 0. The van der Waals surface area contributed by atoms with Gasteiger partial charge in [-0.3, -0.25) is 0 Å². The van der Waals surface area contributed by atoms with Crippen molar-refractivity contribution in [3.05, 3.63) is 167 Å². The topological polar surface area (TPSA) is 32.5 Å². The Labute approximate surface area is 283 Å². The lowest BCUT2D eigenvalue weighted by Crippen LogP contribution is -2.45. The number of furan rings is 1. The molecule has 0 spiro atoms. The van der Waals surface area contributed by atoms with Gasteiger partial charge in [-0.2, -0.15) is 0 Å². The van der Waals surface area contributed by atoms with Gasteiger partial charge in [0, 0.05) is 58.5 Å². The Hall–Kier alpha value is -5.09. The predicted octanol–water partition coefficient (Wildman–Crippen LogP) is 10.8. The van der Waals surface area contributed by atoms with Crippen LogP contribution in [-0.2, 0) is 6.42 Å². The second-order valence-electron chi connectivity index (χ2n) is 14.2. The fourth-order valence-corrected chi connectivity index (χ4v) is 8.63. The molecule has 0 amide bonds. The zero-order valence-electron chi connectivity index (χ0n) is 27.9. The van der Waals surface area contributed by atoms with Gasteiger partial charge in [-0.05, 0) is 89.4 Å². The second kappa shape index (κ2) is 11.3. The maximum Gasteiger partial charge on any atom is 0.227 e. The van der Waals surface area contributed by atoms with Crippen LogP contribution in [0, 0.1) is 6.92 Å². The van der Waals surface area contributed by atoms with E-state index in [0.717, 1.165) is 47.0 Å². The van der Waals surface area contributed by atoms with E-state index in [1.165, 1.54) is 39.0 Å². The van der Waals surface area contributed by atoms with E-state index in [1.807, 2.05) is 6.92 Å². The molecule has 4 heteroatoms. The van der Waals surface area contributed by atoms with Gasteiger partial charge in [0.05, 0.1) is 12.1 Å². The summed E-state index contributed by atoms with van der Waals surface area (Å²) in [4.78, 5) is 9.82. The molecular weight excluding hydrogens is 587 g/mol. The molecule has 0 bridgehead atoms. The predicted molar refractivity (Wildman–Crippen MR) is 196 cm³/mol. The fourth-order valence-electron chi connectivity index (χ4n) is 8.63. The molecule has 2 aromatic heterocycles. The summed E-state index contributed by atoms with van der Waals surface area (Å²) in [6.07, 6.45) is 18.9. The number of nitrogens with zero attached hydrogens (tertiary/aromatic N) is 3. The van der Waals surface area contributed by atoms with Gasteiger partial charge in [-0.15, -0.1) is 0 Å². The zero-order chi connectivity index (χ0) is 32.5. The van der Waals surface area contributed by atoms with E-state index in [0.29, 0.717) is 23.6 Å². The lowest BCUT2D eigenvalue weighted by Gasteiger charge is -2.49. The van der Waals surface area contributed by atoms with Gasteiger partial charge in [-0.1, -0.05) is 93.2 Å². The normalized spacial score (nSPS) is 23.1. The van der Waals surface area contributed by atoms with Crippen LogP contribution in [0.25, 0.3) is 27.6 Å². The van der Waals surface area contributed by atoms with Crippen LogP contribution in [0.15, 0.2) is 132 Å². The molecule has 6 heterocycles. The van der Waals surface area contributed by atoms with Crippen molar-refractivity contribution in [2.45, 2.75) is 70.0 Å². The van der Waals surface area contributed by atoms with Crippen molar-refractivity contribution in [2.24, 2.45) is 0 Å². The molecule has 0 aliphatic carbocycles. The Balaban J connectivity index is 1.24. The SMILES string of the molecule is C=C1CC2C(CCc3ccc4c(oc5nc(C)ccc54)c3C3C=C(c4ccc(C(C)C)cc4)C=CN13)c1ccccc1C1C=CC=CN12. The molecule has 0 saturated heterocycles. The van der Waals surface area contributed by atoms with Crippen LogP contribution in [0.3, 0.4) is 0 Å². The van der Waals surface area contributed by atoms with Crippen molar-refractivity contribution in [1.82, 2.24) is 14.8 Å². The van der Waals surface area contributed by atoms with Crippen molar-refractivity contribution in [3.63, 3.8) is 0 Å². The third-order valence-corrected chi connectivity index (χ3v) is 11.1. The van der Waals surface area contributed by atoms with E-state index in [4.69, 9.17) is 16.0 Å². The lowest BCUT2D eigenvalue weighted by atomic mass is 9.74. The Morgan fingerprint density at radius 3 is 2.52 bits per heavy atom. The number of aryl methyl sites for hydroxylation is 2. The molecule has 238 valence electrons. The quantitative estimate of drug-likeness (QED) is 0.195. The van der Waals surface area contributed by atoms with E-state index in [9.17, 15) is 0 Å². The average molecular weight is 628 g/mol. The molecule has 4 unspecified atom stereocenters. The van der Waals surface area contributed by atoms with Crippen molar-refractivity contribution < 1.29 is 4.42 Å². The minimum Gasteiger partial charge on any atom is -0.437 e. The largest absolute Gasteiger partial charge is 0.437 e. The molecule has 4 atom stereocenters. The number of pyridine rings is 1. The summed E-state index contributed by atoms with van der Waals surface area (Å²) in [5.74, 6) is 0.864. The van der Waals surface area contributed by atoms with Crippen LogP contribution in [0.2, 0.25) is 0 Å². The van der Waals surface area contributed by atoms with Crippen LogP contribution in [0.5, 0.6) is 0 Å². The summed E-state index contributed by atoms with van der Waals surface area (Å²) in [5.41, 5.74) is 13.0. The number of aromatic nitrogens is 1. The molecule has 0 radical (unpaired) electrons. The number of benzene rings is 3. The number of hydrogen-bond acceptors (Lipinski definition) is 4. The smallest absolute Gasteiger partial charge is 0.227 e. The molecule has 3 aromatic carbocycles. The summed E-state index contributed by atoms with van der Waals surface area (Å²) in [6.45, 7) is 11.3. The van der Waals surface area contributed by atoms with Gasteiger partial charge in [0.1, 0.15) is 5.58 Å². The van der Waals surface area contributed by atoms with Gasteiger partial charge >= 0.3 is 0 Å². The summed E-state index contributed by atoms with van der Waals surface area (Å²) in [5, 5.41) is 2.19. The van der Waals surface area contributed by atoms with Gasteiger partial charge in [0.2, 0.25) is 5.71 Å². The van der Waals surface area contributed by atoms with Crippen LogP contribution >= 0.6 is 0 Å². The number of fused-ring (bicyclic) bond motifs is 13. The highest BCUT2D eigenvalue weighted by molar-refractivity contribution is 6.05. The molecule has 48 heavy (non-hydrogen) atoms. The first-order chi connectivity index (χ1) is 23.4.